The molecule has 4 rings (SSSR count). The Morgan fingerprint density at radius 2 is 1.85 bits per heavy atom. The van der Waals surface area contributed by atoms with Gasteiger partial charge in [-0.3, -0.25) is 10.1 Å². The van der Waals surface area contributed by atoms with Gasteiger partial charge in [-0.2, -0.15) is 0 Å². The van der Waals surface area contributed by atoms with Gasteiger partial charge >= 0.3 is 5.69 Å². The number of benzene rings is 1. The Morgan fingerprint density at radius 3 is 2.65 bits per heavy atom. The molecule has 1 aliphatic carbocycles. The van der Waals surface area contributed by atoms with Crippen molar-refractivity contribution in [2.75, 3.05) is 17.4 Å². The van der Waals surface area contributed by atoms with E-state index in [4.69, 9.17) is 9.47 Å². The largest absolute Gasteiger partial charge is 0.454 e. The summed E-state index contributed by atoms with van der Waals surface area (Å²) in [7, 11) is 0. The molecule has 2 N–H and O–H groups in total. The summed E-state index contributed by atoms with van der Waals surface area (Å²) in [6, 6.07) is 5.44. The van der Waals surface area contributed by atoms with Gasteiger partial charge in [-0.05, 0) is 25.0 Å². The van der Waals surface area contributed by atoms with E-state index in [1.807, 2.05) is 0 Å². The highest BCUT2D eigenvalue weighted by molar-refractivity contribution is 5.74. The normalized spacial score (nSPS) is 16.3. The number of rotatable bonds is 5. The zero-order valence-corrected chi connectivity index (χ0v) is 14.1. The van der Waals surface area contributed by atoms with Gasteiger partial charge in [0, 0.05) is 17.8 Å². The second-order valence-electron chi connectivity index (χ2n) is 6.35. The summed E-state index contributed by atoms with van der Waals surface area (Å²) in [5.41, 5.74) is 0.468. The molecule has 0 unspecified atom stereocenters. The lowest BCUT2D eigenvalue weighted by Crippen LogP contribution is -2.23. The fourth-order valence-corrected chi connectivity index (χ4v) is 3.30. The highest BCUT2D eigenvalue weighted by Gasteiger charge is 2.26. The molecule has 1 aromatic heterocycles. The minimum atomic E-state index is -0.458. The summed E-state index contributed by atoms with van der Waals surface area (Å²) in [4.78, 5) is 19.4. The second-order valence-corrected chi connectivity index (χ2v) is 6.35. The van der Waals surface area contributed by atoms with Gasteiger partial charge in [0.15, 0.2) is 11.5 Å². The summed E-state index contributed by atoms with van der Waals surface area (Å²) in [6.45, 7) is 0.169. The molecule has 1 fully saturated rings. The minimum Gasteiger partial charge on any atom is -0.454 e. The number of nitrogens with zero attached hydrogens (tertiary/aromatic N) is 3. The quantitative estimate of drug-likeness (QED) is 0.617. The maximum Gasteiger partial charge on any atom is 0.353 e. The van der Waals surface area contributed by atoms with Crippen LogP contribution in [-0.2, 0) is 0 Å². The lowest BCUT2D eigenvalue weighted by molar-refractivity contribution is -0.383. The Labute approximate surface area is 149 Å². The van der Waals surface area contributed by atoms with Crippen LogP contribution in [0, 0.1) is 10.1 Å². The monoisotopic (exact) mass is 357 g/mol. The molecule has 1 saturated carbocycles. The third-order valence-electron chi connectivity index (χ3n) is 4.59. The Morgan fingerprint density at radius 1 is 1.08 bits per heavy atom. The highest BCUT2D eigenvalue weighted by Crippen LogP contribution is 2.37. The van der Waals surface area contributed by atoms with Crippen molar-refractivity contribution in [3.63, 3.8) is 0 Å². The van der Waals surface area contributed by atoms with E-state index in [1.165, 1.54) is 12.7 Å². The fraction of sp³-hybridized carbons (Fsp3) is 0.412. The molecule has 9 nitrogen and oxygen atoms in total. The summed E-state index contributed by atoms with van der Waals surface area (Å²) >= 11 is 0. The van der Waals surface area contributed by atoms with E-state index in [2.05, 4.69) is 20.6 Å². The van der Waals surface area contributed by atoms with E-state index in [0.29, 0.717) is 17.2 Å². The van der Waals surface area contributed by atoms with Crippen LogP contribution >= 0.6 is 0 Å². The van der Waals surface area contributed by atoms with Crippen molar-refractivity contribution in [2.24, 2.45) is 0 Å². The van der Waals surface area contributed by atoms with Gasteiger partial charge < -0.3 is 20.1 Å². The molecule has 136 valence electrons. The summed E-state index contributed by atoms with van der Waals surface area (Å²) in [5.74, 6) is 1.63. The van der Waals surface area contributed by atoms with Crippen LogP contribution in [0.15, 0.2) is 24.5 Å². The number of aromatic nitrogens is 2. The van der Waals surface area contributed by atoms with Gasteiger partial charge in [-0.15, -0.1) is 0 Å². The molecule has 0 amide bonds. The minimum absolute atomic E-state index is 0.141. The number of nitrogens with one attached hydrogen (secondary N) is 2. The Bertz CT molecular complexity index is 823. The number of ether oxygens (including phenoxy) is 2. The van der Waals surface area contributed by atoms with E-state index in [9.17, 15) is 10.1 Å². The van der Waals surface area contributed by atoms with Gasteiger partial charge in [0.05, 0.1) is 4.92 Å². The molecule has 26 heavy (non-hydrogen) atoms. The van der Waals surface area contributed by atoms with Gasteiger partial charge in [-0.1, -0.05) is 19.3 Å². The van der Waals surface area contributed by atoms with E-state index in [-0.39, 0.29) is 30.2 Å². The summed E-state index contributed by atoms with van der Waals surface area (Å²) in [6.07, 6.45) is 6.77. The van der Waals surface area contributed by atoms with E-state index in [0.717, 1.165) is 25.7 Å². The van der Waals surface area contributed by atoms with Crippen LogP contribution in [-0.4, -0.2) is 27.7 Å². The van der Waals surface area contributed by atoms with E-state index >= 15 is 0 Å². The first-order valence-electron chi connectivity index (χ1n) is 8.63. The van der Waals surface area contributed by atoms with Crippen LogP contribution in [0.2, 0.25) is 0 Å². The standard InChI is InChI=1S/C17H19N5O4/c23-22(24)15-16(20-11-4-2-1-3-5-11)18-9-19-17(15)21-12-6-7-13-14(8-12)26-10-25-13/h6-9,11H,1-5,10H2,(H2,18,19,20,21). The maximum atomic E-state index is 11.7. The maximum absolute atomic E-state index is 11.7. The number of hydrogen-bond acceptors (Lipinski definition) is 8. The van der Waals surface area contributed by atoms with Crippen molar-refractivity contribution in [3.05, 3.63) is 34.6 Å². The molecule has 0 saturated heterocycles. The SMILES string of the molecule is O=[N+]([O-])c1c(Nc2ccc3c(c2)OCO3)ncnc1NC1CCCCC1. The Hall–Kier alpha value is -3.10. The van der Waals surface area contributed by atoms with Crippen molar-refractivity contribution in [1.82, 2.24) is 9.97 Å². The third-order valence-corrected chi connectivity index (χ3v) is 4.59. The van der Waals surface area contributed by atoms with Crippen molar-refractivity contribution >= 4 is 23.0 Å². The predicted octanol–water partition coefficient (Wildman–Crippen LogP) is 3.60. The van der Waals surface area contributed by atoms with Crippen LogP contribution in [0.4, 0.5) is 23.0 Å². The predicted molar refractivity (Wildman–Crippen MR) is 95.0 cm³/mol. The molecule has 2 aromatic rings. The first-order chi connectivity index (χ1) is 12.7. The van der Waals surface area contributed by atoms with Gasteiger partial charge in [-0.25, -0.2) is 9.97 Å². The Balaban J connectivity index is 1.60. The molecule has 9 heteroatoms. The molecule has 0 atom stereocenters. The number of nitro groups is 1. The summed E-state index contributed by atoms with van der Waals surface area (Å²) < 4.78 is 10.6. The molecule has 2 aliphatic rings. The van der Waals surface area contributed by atoms with Crippen LogP contribution in [0.1, 0.15) is 32.1 Å². The lowest BCUT2D eigenvalue weighted by atomic mass is 9.95. The van der Waals surface area contributed by atoms with Gasteiger partial charge in [0.25, 0.3) is 0 Å². The molecule has 0 spiro atoms. The first-order valence-corrected chi connectivity index (χ1v) is 8.63. The smallest absolute Gasteiger partial charge is 0.353 e. The van der Waals surface area contributed by atoms with Gasteiger partial charge in [0.2, 0.25) is 18.4 Å². The zero-order valence-electron chi connectivity index (χ0n) is 14.1. The molecular formula is C17H19N5O4. The zero-order chi connectivity index (χ0) is 17.9. The van der Waals surface area contributed by atoms with E-state index < -0.39 is 4.92 Å². The topological polar surface area (TPSA) is 111 Å². The molecule has 1 aromatic carbocycles. The molecule has 0 bridgehead atoms. The van der Waals surface area contributed by atoms with Crippen molar-refractivity contribution in [1.29, 1.82) is 0 Å². The third kappa shape index (κ3) is 3.32. The van der Waals surface area contributed by atoms with Crippen LogP contribution in [0.3, 0.4) is 0 Å². The average molecular weight is 357 g/mol. The Kier molecular flexibility index (Phi) is 4.42. The molecule has 1 aliphatic heterocycles. The van der Waals surface area contributed by atoms with Crippen molar-refractivity contribution in [3.8, 4) is 11.5 Å². The number of anilines is 3. The van der Waals surface area contributed by atoms with E-state index in [1.54, 1.807) is 18.2 Å². The van der Waals surface area contributed by atoms with Crippen LogP contribution in [0.5, 0.6) is 11.5 Å². The molecule has 0 radical (unpaired) electrons. The second kappa shape index (κ2) is 7.03. The first kappa shape index (κ1) is 16.4. The molecule has 2 heterocycles. The van der Waals surface area contributed by atoms with Gasteiger partial charge in [0.1, 0.15) is 6.33 Å². The number of hydrogen-bond donors (Lipinski definition) is 2. The fourth-order valence-electron chi connectivity index (χ4n) is 3.30. The highest BCUT2D eigenvalue weighted by atomic mass is 16.7. The van der Waals surface area contributed by atoms with Crippen LogP contribution in [0.25, 0.3) is 0 Å². The van der Waals surface area contributed by atoms with Crippen molar-refractivity contribution < 1.29 is 14.4 Å². The summed E-state index contributed by atoms with van der Waals surface area (Å²) in [5, 5.41) is 17.9. The molecular weight excluding hydrogens is 338 g/mol. The number of fused-ring (bicyclic) bond motifs is 1. The van der Waals surface area contributed by atoms with Crippen LogP contribution < -0.4 is 20.1 Å². The van der Waals surface area contributed by atoms with Crippen molar-refractivity contribution in [2.45, 2.75) is 38.1 Å². The average Bonchev–Trinajstić information content (AvgIpc) is 3.10. The lowest BCUT2D eigenvalue weighted by Gasteiger charge is -2.23.